The van der Waals surface area contributed by atoms with Crippen LogP contribution >= 0.6 is 28.3 Å². The maximum absolute atomic E-state index is 12.5. The third kappa shape index (κ3) is 6.24. The minimum atomic E-state index is -3.53. The highest BCUT2D eigenvalue weighted by molar-refractivity contribution is 9.10. The van der Waals surface area contributed by atoms with Gasteiger partial charge in [-0.05, 0) is 78.9 Å². The third-order valence-corrected chi connectivity index (χ3v) is 8.58. The summed E-state index contributed by atoms with van der Waals surface area (Å²) < 4.78 is 28.5. The Bertz CT molecular complexity index is 1540. The Morgan fingerprint density at radius 2 is 1.89 bits per heavy atom. The van der Waals surface area contributed by atoms with Crippen LogP contribution in [-0.4, -0.2) is 59.4 Å². The lowest BCUT2D eigenvalue weighted by Crippen LogP contribution is -2.41. The molecule has 1 saturated heterocycles. The van der Waals surface area contributed by atoms with Crippen LogP contribution in [0.15, 0.2) is 70.0 Å². The zero-order valence-electron chi connectivity index (χ0n) is 20.6. The predicted molar refractivity (Wildman–Crippen MR) is 154 cm³/mol. The van der Waals surface area contributed by atoms with E-state index in [1.54, 1.807) is 48.5 Å². The number of phenols is 1. The molecule has 12 heteroatoms. The Hall–Kier alpha value is -2.83. The fourth-order valence-corrected chi connectivity index (χ4v) is 6.09. The highest BCUT2D eigenvalue weighted by Crippen LogP contribution is 2.34. The van der Waals surface area contributed by atoms with Gasteiger partial charge in [-0.25, -0.2) is 18.1 Å². The molecule has 38 heavy (non-hydrogen) atoms. The Morgan fingerprint density at radius 3 is 2.68 bits per heavy atom. The summed E-state index contributed by atoms with van der Waals surface area (Å²) in [4.78, 5) is 7.17. The topological polar surface area (TPSA) is 120 Å². The monoisotopic (exact) mass is 618 g/mol. The molecule has 0 amide bonds. The van der Waals surface area contributed by atoms with E-state index in [2.05, 4.69) is 41.1 Å². The molecule has 0 aliphatic carbocycles. The first-order chi connectivity index (χ1) is 17.8. The van der Waals surface area contributed by atoms with Gasteiger partial charge in [0.15, 0.2) is 0 Å². The molecule has 200 valence electrons. The van der Waals surface area contributed by atoms with Crippen LogP contribution in [0.3, 0.4) is 0 Å². The average molecular weight is 620 g/mol. The second-order valence-corrected chi connectivity index (χ2v) is 11.6. The summed E-state index contributed by atoms with van der Waals surface area (Å²) in [6.45, 7) is 3.69. The Morgan fingerprint density at radius 1 is 1.11 bits per heavy atom. The van der Waals surface area contributed by atoms with Crippen molar-refractivity contribution in [2.45, 2.75) is 30.8 Å². The number of phenolic OH excluding ortho intramolecular Hbond substituents is 1. The predicted octanol–water partition coefficient (Wildman–Crippen LogP) is 4.70. The Labute approximate surface area is 236 Å². The molecule has 2 heterocycles. The van der Waals surface area contributed by atoms with E-state index in [1.165, 1.54) is 0 Å². The quantitative estimate of drug-likeness (QED) is 0.260. The number of hydrogen-bond donors (Lipinski definition) is 3. The van der Waals surface area contributed by atoms with Crippen molar-refractivity contribution in [1.29, 1.82) is 0 Å². The van der Waals surface area contributed by atoms with E-state index in [1.807, 2.05) is 19.1 Å². The first-order valence-electron chi connectivity index (χ1n) is 12.0. The standard InChI is InChI=1S/C26H27BrN6O3S.ClH/c1-17-14-18(21-16-19(34)9-10-22(21)27)15-23-25(17)30-26(32-31-23)29-24-8-5-12-33(24)13-11-28-37(35,36)20-6-3-2-4-7-20;/h2-4,6-7,9-10,14-16,24,28,34H,5,8,11-13H2,1H3,(H,29,30,32);1H. The lowest BCUT2D eigenvalue weighted by Gasteiger charge is -2.25. The van der Waals surface area contributed by atoms with E-state index >= 15 is 0 Å². The van der Waals surface area contributed by atoms with Gasteiger partial charge in [0.1, 0.15) is 11.3 Å². The third-order valence-electron chi connectivity index (χ3n) is 6.42. The smallest absolute Gasteiger partial charge is 0.244 e. The van der Waals surface area contributed by atoms with Crippen molar-refractivity contribution in [2.24, 2.45) is 0 Å². The van der Waals surface area contributed by atoms with Crippen molar-refractivity contribution in [2.75, 3.05) is 25.0 Å². The number of sulfonamides is 1. The van der Waals surface area contributed by atoms with Crippen LogP contribution < -0.4 is 10.0 Å². The molecule has 0 spiro atoms. The molecule has 0 bridgehead atoms. The number of halogens is 2. The molecule has 1 aromatic heterocycles. The first kappa shape index (κ1) is 28.2. The molecule has 3 aromatic carbocycles. The molecule has 0 saturated carbocycles. The van der Waals surface area contributed by atoms with Gasteiger partial charge in [0.05, 0.1) is 16.6 Å². The summed E-state index contributed by atoms with van der Waals surface area (Å²) in [7, 11) is -3.53. The number of hydrogen-bond acceptors (Lipinski definition) is 8. The van der Waals surface area contributed by atoms with Crippen LogP contribution in [0, 0.1) is 6.92 Å². The van der Waals surface area contributed by atoms with E-state index in [4.69, 9.17) is 4.98 Å². The molecule has 1 aliphatic heterocycles. The molecular weight excluding hydrogens is 592 g/mol. The van der Waals surface area contributed by atoms with Crippen LogP contribution in [-0.2, 0) is 10.0 Å². The van der Waals surface area contributed by atoms with Crippen LogP contribution in [0.25, 0.3) is 22.2 Å². The van der Waals surface area contributed by atoms with Crippen molar-refractivity contribution in [3.8, 4) is 16.9 Å². The zero-order chi connectivity index (χ0) is 26.0. The molecular formula is C26H28BrClN6O3S. The number of benzene rings is 3. The van der Waals surface area contributed by atoms with Gasteiger partial charge in [0.25, 0.3) is 0 Å². The molecule has 5 rings (SSSR count). The number of nitrogens with zero attached hydrogens (tertiary/aromatic N) is 4. The summed E-state index contributed by atoms with van der Waals surface area (Å²) in [6, 6.07) is 17.4. The van der Waals surface area contributed by atoms with Crippen molar-refractivity contribution in [1.82, 2.24) is 24.8 Å². The van der Waals surface area contributed by atoms with Crippen LogP contribution in [0.5, 0.6) is 5.75 Å². The van der Waals surface area contributed by atoms with Crippen LogP contribution in [0.2, 0.25) is 0 Å². The molecule has 3 N–H and O–H groups in total. The Balaban J connectivity index is 0.00000336. The largest absolute Gasteiger partial charge is 0.508 e. The van der Waals surface area contributed by atoms with Crippen molar-refractivity contribution in [3.63, 3.8) is 0 Å². The van der Waals surface area contributed by atoms with E-state index in [-0.39, 0.29) is 29.2 Å². The second-order valence-electron chi connectivity index (χ2n) is 9.01. The minimum absolute atomic E-state index is 0. The number of aromatic nitrogens is 3. The molecule has 1 fully saturated rings. The minimum Gasteiger partial charge on any atom is -0.508 e. The lowest BCUT2D eigenvalue weighted by atomic mass is 10.0. The molecule has 4 aromatic rings. The van der Waals surface area contributed by atoms with Gasteiger partial charge >= 0.3 is 0 Å². The summed E-state index contributed by atoms with van der Waals surface area (Å²) >= 11 is 3.55. The number of nitrogens with one attached hydrogen (secondary N) is 2. The zero-order valence-corrected chi connectivity index (χ0v) is 23.9. The number of fused-ring (bicyclic) bond motifs is 1. The fraction of sp³-hybridized carbons (Fsp3) is 0.269. The molecule has 1 atom stereocenters. The summed E-state index contributed by atoms with van der Waals surface area (Å²) in [6.07, 6.45) is 1.88. The highest BCUT2D eigenvalue weighted by Gasteiger charge is 2.25. The highest BCUT2D eigenvalue weighted by atomic mass is 79.9. The lowest BCUT2D eigenvalue weighted by molar-refractivity contribution is 0.279. The first-order valence-corrected chi connectivity index (χ1v) is 14.3. The van der Waals surface area contributed by atoms with Gasteiger partial charge in [0, 0.05) is 24.1 Å². The molecule has 1 aliphatic rings. The van der Waals surface area contributed by atoms with Crippen molar-refractivity contribution >= 4 is 55.3 Å². The van der Waals surface area contributed by atoms with E-state index in [0.29, 0.717) is 24.6 Å². The van der Waals surface area contributed by atoms with Gasteiger partial charge in [0.2, 0.25) is 16.0 Å². The molecule has 0 radical (unpaired) electrons. The van der Waals surface area contributed by atoms with Crippen LogP contribution in [0.4, 0.5) is 5.95 Å². The average Bonchev–Trinajstić information content (AvgIpc) is 3.33. The SMILES string of the molecule is Cc1cc(-c2cc(O)ccc2Br)cc2nnc(NC3CCCN3CCNS(=O)(=O)c3ccccc3)nc12.Cl. The maximum atomic E-state index is 12.5. The van der Waals surface area contributed by atoms with Gasteiger partial charge in [-0.1, -0.05) is 34.1 Å². The van der Waals surface area contributed by atoms with Gasteiger partial charge in [-0.15, -0.1) is 22.6 Å². The van der Waals surface area contributed by atoms with E-state index in [0.717, 1.165) is 46.1 Å². The molecule has 9 nitrogen and oxygen atoms in total. The van der Waals surface area contributed by atoms with Gasteiger partial charge in [-0.3, -0.25) is 4.90 Å². The number of anilines is 1. The second kappa shape index (κ2) is 11.9. The number of aryl methyl sites for hydroxylation is 1. The van der Waals surface area contributed by atoms with E-state index < -0.39 is 10.0 Å². The van der Waals surface area contributed by atoms with Gasteiger partial charge in [-0.2, -0.15) is 0 Å². The van der Waals surface area contributed by atoms with E-state index in [9.17, 15) is 13.5 Å². The number of rotatable bonds is 8. The summed E-state index contributed by atoms with van der Waals surface area (Å²) in [5.41, 5.74) is 4.12. The molecule has 1 unspecified atom stereocenters. The normalized spacial score (nSPS) is 15.9. The Kier molecular flexibility index (Phi) is 8.84. The fourth-order valence-electron chi connectivity index (χ4n) is 4.58. The van der Waals surface area contributed by atoms with Crippen molar-refractivity contribution < 1.29 is 13.5 Å². The summed E-state index contributed by atoms with van der Waals surface area (Å²) in [5.74, 6) is 0.623. The van der Waals surface area contributed by atoms with Crippen molar-refractivity contribution in [3.05, 3.63) is 70.7 Å². The van der Waals surface area contributed by atoms with Gasteiger partial charge < -0.3 is 10.4 Å². The number of aromatic hydroxyl groups is 1. The summed E-state index contributed by atoms with van der Waals surface area (Å²) in [5, 5.41) is 22.0. The maximum Gasteiger partial charge on any atom is 0.244 e. The van der Waals surface area contributed by atoms with Crippen LogP contribution in [0.1, 0.15) is 18.4 Å². The number of likely N-dealkylation sites (tertiary alicyclic amines) is 1.